The first-order valence-corrected chi connectivity index (χ1v) is 23.5. The Morgan fingerprint density at radius 3 is 2.13 bits per heavy atom. The van der Waals surface area contributed by atoms with Crippen molar-refractivity contribution in [1.82, 2.24) is 0 Å². The Balaban J connectivity index is 1.86. The molecule has 0 aliphatic carbocycles. The Kier molecular flexibility index (Phi) is 13.2. The molecule has 2 unspecified atom stereocenters. The van der Waals surface area contributed by atoms with E-state index in [9.17, 15) is 9.59 Å². The number of hydrogen-bond acceptors (Lipinski definition) is 8. The maximum Gasteiger partial charge on any atom is 0.303 e. The molecule has 0 spiro atoms. The maximum atomic E-state index is 12.4. The molecule has 0 aromatic carbocycles. The van der Waals surface area contributed by atoms with Crippen molar-refractivity contribution >= 4 is 28.9 Å². The van der Waals surface area contributed by atoms with Crippen molar-refractivity contribution in [2.45, 2.75) is 186 Å². The number of ether oxygens (including phenoxy) is 4. The number of esters is 1. The molecule has 0 aromatic rings. The number of fused-ring (bicyclic) bond motifs is 1. The van der Waals surface area contributed by atoms with E-state index in [-0.39, 0.29) is 70.6 Å². The lowest BCUT2D eigenvalue weighted by atomic mass is 9.79. The van der Waals surface area contributed by atoms with Crippen LogP contribution in [0.1, 0.15) is 101 Å². The molecule has 0 saturated carbocycles. The van der Waals surface area contributed by atoms with Crippen LogP contribution in [0.5, 0.6) is 0 Å². The van der Waals surface area contributed by atoms with Crippen LogP contribution in [0.4, 0.5) is 0 Å². The summed E-state index contributed by atoms with van der Waals surface area (Å²) >= 11 is 0. The molecule has 0 aromatic heterocycles. The van der Waals surface area contributed by atoms with E-state index in [1.165, 1.54) is 6.92 Å². The topological polar surface area (TPSA) is 89.5 Å². The smallest absolute Gasteiger partial charge is 0.303 e. The van der Waals surface area contributed by atoms with E-state index in [4.69, 9.17) is 27.8 Å². The van der Waals surface area contributed by atoms with Gasteiger partial charge in [-0.3, -0.25) is 4.79 Å². The molecule has 0 bridgehead atoms. The summed E-state index contributed by atoms with van der Waals surface area (Å²) in [6.07, 6.45) is 3.10. The van der Waals surface area contributed by atoms with Crippen LogP contribution in [-0.4, -0.2) is 84.3 Å². The van der Waals surface area contributed by atoms with Gasteiger partial charge in [0.15, 0.2) is 16.6 Å². The second-order valence-electron chi connectivity index (χ2n) is 17.3. The molecule has 3 fully saturated rings. The predicted octanol–water partition coefficient (Wildman–Crippen LogP) is 8.00. The van der Waals surface area contributed by atoms with Crippen molar-refractivity contribution in [3.05, 3.63) is 12.2 Å². The quantitative estimate of drug-likeness (QED) is 0.0886. The predicted molar refractivity (Wildman–Crippen MR) is 188 cm³/mol. The van der Waals surface area contributed by atoms with Gasteiger partial charge in [-0.25, -0.2) is 0 Å². The lowest BCUT2D eigenvalue weighted by Crippen LogP contribution is -2.63. The van der Waals surface area contributed by atoms with E-state index < -0.39 is 22.7 Å². The molecule has 3 aliphatic rings. The van der Waals surface area contributed by atoms with E-state index in [1.54, 1.807) is 0 Å². The minimum absolute atomic E-state index is 0.00804. The zero-order valence-corrected chi connectivity index (χ0v) is 33.3. The highest BCUT2D eigenvalue weighted by atomic mass is 28.4. The third kappa shape index (κ3) is 9.63. The van der Waals surface area contributed by atoms with E-state index >= 15 is 0 Å². The number of carbonyl (C=O) groups excluding carboxylic acids is 2. The van der Waals surface area contributed by atoms with Gasteiger partial charge >= 0.3 is 5.97 Å². The fourth-order valence-corrected chi connectivity index (χ4v) is 8.98. The maximum absolute atomic E-state index is 12.4. The molecule has 0 N–H and O–H groups in total. The van der Waals surface area contributed by atoms with E-state index in [0.29, 0.717) is 32.3 Å². The van der Waals surface area contributed by atoms with Crippen molar-refractivity contribution in [3.63, 3.8) is 0 Å². The minimum Gasteiger partial charge on any atom is -0.459 e. The van der Waals surface area contributed by atoms with Gasteiger partial charge in [0.25, 0.3) is 0 Å². The summed E-state index contributed by atoms with van der Waals surface area (Å²) in [6.45, 7) is 33.5. The van der Waals surface area contributed by atoms with Crippen LogP contribution in [0.15, 0.2) is 12.2 Å². The van der Waals surface area contributed by atoms with Gasteiger partial charge in [0.1, 0.15) is 12.4 Å². The van der Waals surface area contributed by atoms with Gasteiger partial charge in [0.05, 0.1) is 42.7 Å². The Labute approximate surface area is 282 Å². The molecule has 46 heavy (non-hydrogen) atoms. The summed E-state index contributed by atoms with van der Waals surface area (Å²) in [5, 5.41) is 0.172. The molecule has 0 radical (unpaired) electrons. The molecular formula is C36H66O8Si2. The molecule has 10 heteroatoms. The van der Waals surface area contributed by atoms with Crippen LogP contribution in [0.25, 0.3) is 0 Å². The minimum atomic E-state index is -2.13. The monoisotopic (exact) mass is 682 g/mol. The van der Waals surface area contributed by atoms with Crippen molar-refractivity contribution < 1.29 is 37.4 Å². The Morgan fingerprint density at radius 2 is 1.57 bits per heavy atom. The van der Waals surface area contributed by atoms with E-state index in [1.807, 2.05) is 0 Å². The largest absolute Gasteiger partial charge is 0.459 e. The Morgan fingerprint density at radius 1 is 0.935 bits per heavy atom. The summed E-state index contributed by atoms with van der Waals surface area (Å²) in [5.41, 5.74) is 1.03. The van der Waals surface area contributed by atoms with E-state index in [2.05, 4.69) is 88.2 Å². The first kappa shape index (κ1) is 39.6. The van der Waals surface area contributed by atoms with Crippen molar-refractivity contribution in [3.8, 4) is 0 Å². The summed E-state index contributed by atoms with van der Waals surface area (Å²) in [4.78, 5) is 23.5. The fourth-order valence-electron chi connectivity index (χ4n) is 6.56. The van der Waals surface area contributed by atoms with Crippen LogP contribution in [0, 0.1) is 11.8 Å². The standard InChI is InChI=1S/C36H66O8Si2/c1-23-20-27(16-15-18-37)41-29(24(23)2)21-31-33(40-26(4)38)25(3)34-32(42-31)22-30(44-46(13,14)36(8,9)10)28(43-34)17-19-39-45(11,12)35(5,6)7/h18,23,25,27-34H,2,15-17,19-22H2,1,3-14H3/t23-,25-,27+,28-,29?,30?,31+,32+,33-,34+/m1/s1. The first-order chi connectivity index (χ1) is 21.1. The van der Waals surface area contributed by atoms with Crippen molar-refractivity contribution in [2.24, 2.45) is 11.8 Å². The Hall–Kier alpha value is -0.886. The van der Waals surface area contributed by atoms with Crippen LogP contribution >= 0.6 is 0 Å². The molecule has 0 amide bonds. The van der Waals surface area contributed by atoms with Crippen molar-refractivity contribution in [2.75, 3.05) is 6.61 Å². The summed E-state index contributed by atoms with van der Waals surface area (Å²) in [7, 11) is -4.06. The molecule has 3 heterocycles. The van der Waals surface area contributed by atoms with Gasteiger partial charge < -0.3 is 32.6 Å². The lowest BCUT2D eigenvalue weighted by molar-refractivity contribution is -0.271. The number of carbonyl (C=O) groups is 2. The SMILES string of the molecule is C=C1C(C[C@@H]2O[C@H]3CC(O[Si](C)(C)C(C)(C)C)[C@@H](CCO[Si](C)(C)C(C)(C)C)O[C@H]3[C@H](C)[C@H]2OC(C)=O)O[C@@H](CCC=O)C[C@H]1C. The van der Waals surface area contributed by atoms with Gasteiger partial charge in [-0.15, -0.1) is 0 Å². The van der Waals surface area contributed by atoms with Crippen LogP contribution in [0.2, 0.25) is 36.3 Å². The number of hydrogen-bond donors (Lipinski definition) is 0. The third-order valence-corrected chi connectivity index (χ3v) is 20.7. The molecule has 10 atom stereocenters. The third-order valence-electron chi connectivity index (χ3n) is 11.6. The lowest BCUT2D eigenvalue weighted by Gasteiger charge is -2.53. The van der Waals surface area contributed by atoms with Crippen LogP contribution in [0.3, 0.4) is 0 Å². The zero-order chi connectivity index (χ0) is 34.8. The number of rotatable bonds is 12. The van der Waals surface area contributed by atoms with Gasteiger partial charge in [0, 0.05) is 38.7 Å². The summed E-state index contributed by atoms with van der Waals surface area (Å²) in [5.74, 6) is -0.157. The fraction of sp³-hybridized carbons (Fsp3) is 0.889. The molecular weight excluding hydrogens is 617 g/mol. The van der Waals surface area contributed by atoms with Crippen molar-refractivity contribution in [1.29, 1.82) is 0 Å². The van der Waals surface area contributed by atoms with Crippen LogP contribution < -0.4 is 0 Å². The highest BCUT2D eigenvalue weighted by molar-refractivity contribution is 6.74. The van der Waals surface area contributed by atoms with Gasteiger partial charge in [-0.05, 0) is 67.0 Å². The van der Waals surface area contributed by atoms with Gasteiger partial charge in [-0.2, -0.15) is 0 Å². The Bertz CT molecular complexity index is 1050. The molecule has 3 aliphatic heterocycles. The second kappa shape index (κ2) is 15.3. The number of aldehydes is 1. The average Bonchev–Trinajstić information content (AvgIpc) is 2.91. The van der Waals surface area contributed by atoms with Crippen LogP contribution in [-0.2, 0) is 37.4 Å². The molecule has 266 valence electrons. The molecule has 3 saturated heterocycles. The first-order valence-electron chi connectivity index (χ1n) is 17.7. The highest BCUT2D eigenvalue weighted by Gasteiger charge is 2.53. The average molecular weight is 683 g/mol. The molecule has 3 rings (SSSR count). The van der Waals surface area contributed by atoms with Gasteiger partial charge in [0.2, 0.25) is 0 Å². The van der Waals surface area contributed by atoms with Gasteiger partial charge in [-0.1, -0.05) is 62.0 Å². The van der Waals surface area contributed by atoms with E-state index in [0.717, 1.165) is 24.7 Å². The molecule has 8 nitrogen and oxygen atoms in total. The zero-order valence-electron chi connectivity index (χ0n) is 31.3. The summed E-state index contributed by atoms with van der Waals surface area (Å²) < 4.78 is 40.0. The second-order valence-corrected chi connectivity index (χ2v) is 26.8. The normalized spacial score (nSPS) is 34.6. The summed E-state index contributed by atoms with van der Waals surface area (Å²) in [6, 6.07) is 0. The highest BCUT2D eigenvalue weighted by Crippen LogP contribution is 2.45.